The predicted octanol–water partition coefficient (Wildman–Crippen LogP) is 5.85. The molecule has 2 aromatic rings. The Bertz CT molecular complexity index is 235. The van der Waals surface area contributed by atoms with E-state index >= 15 is 0 Å². The van der Waals surface area contributed by atoms with Crippen LogP contribution in [0.15, 0.2) is 24.0 Å². The average Bonchev–Trinajstić information content (AvgIpc) is 2.15. The van der Waals surface area contributed by atoms with Crippen molar-refractivity contribution >= 4 is 16.3 Å². The maximum Gasteiger partial charge on any atom is 0.193 e. The molecule has 0 saturated carbocycles. The fourth-order valence-electron chi connectivity index (χ4n) is 0.661. The molecule has 0 spiro atoms. The molecule has 2 heterocycles. The number of hydrogen-bond acceptors (Lipinski definition) is 2. The minimum absolute atomic E-state index is 0. The fourth-order valence-corrected chi connectivity index (χ4v) is 1.34. The van der Waals surface area contributed by atoms with Crippen LogP contribution in [0.5, 0.6) is 0 Å². The van der Waals surface area contributed by atoms with E-state index in [1.165, 1.54) is 0 Å². The van der Waals surface area contributed by atoms with Gasteiger partial charge in [0.2, 0.25) is 0 Å². The average molecular weight is 236 g/mol. The van der Waals surface area contributed by atoms with Crippen molar-refractivity contribution in [3.05, 3.63) is 24.0 Å². The van der Waals surface area contributed by atoms with E-state index in [1.54, 1.807) is 17.5 Å². The molecule has 2 aromatic heterocycles. The molecule has 0 aromatic carbocycles. The Morgan fingerprint density at radius 2 is 1.40 bits per heavy atom. The van der Waals surface area contributed by atoms with Gasteiger partial charge in [0, 0.05) is 24.0 Å². The molecular formula is C12H32N2S. The second-order valence-corrected chi connectivity index (χ2v) is 2.39. The highest BCUT2D eigenvalue weighted by Crippen LogP contribution is 2.06. The number of hydrogen-bond donors (Lipinski definition) is 0. The van der Waals surface area contributed by atoms with Crippen molar-refractivity contribution in [3.63, 3.8) is 0 Å². The van der Waals surface area contributed by atoms with Gasteiger partial charge in [-0.3, -0.25) is 4.40 Å². The Balaban J connectivity index is -0.0000000289. The van der Waals surface area contributed by atoms with Crippen molar-refractivity contribution < 1.29 is 0 Å². The molecule has 2 rings (SSSR count). The zero-order valence-electron chi connectivity index (χ0n) is 4.11. The molecule has 0 aliphatic heterocycles. The van der Waals surface area contributed by atoms with Crippen LogP contribution in [-0.4, -0.2) is 9.38 Å². The van der Waals surface area contributed by atoms with Crippen LogP contribution in [0.3, 0.4) is 0 Å². The molecule has 0 N–H and O–H groups in total. The number of nitrogens with zero attached hydrogens (tertiary/aromatic N) is 2. The number of aromatic nitrogens is 2. The van der Waals surface area contributed by atoms with Crippen molar-refractivity contribution in [2.45, 2.75) is 52.0 Å². The Morgan fingerprint density at radius 3 is 1.87 bits per heavy atom. The van der Waals surface area contributed by atoms with Crippen molar-refractivity contribution in [2.24, 2.45) is 0 Å². The van der Waals surface area contributed by atoms with Gasteiger partial charge in [0.25, 0.3) is 0 Å². The van der Waals surface area contributed by atoms with Gasteiger partial charge in [-0.25, -0.2) is 4.98 Å². The zero-order chi connectivity index (χ0) is 5.40. The summed E-state index contributed by atoms with van der Waals surface area (Å²) in [6.45, 7) is 0. The van der Waals surface area contributed by atoms with E-state index in [0.29, 0.717) is 0 Å². The standard InChI is InChI=1S/C5H4N2S.7CH4/c1-2-7-3-4-8-5(7)6-1;;;;;;;/h1-4H;7*1H4. The number of fused-ring (bicyclic) bond motifs is 1. The van der Waals surface area contributed by atoms with Crippen molar-refractivity contribution in [1.82, 2.24) is 9.38 Å². The number of imidazole rings is 1. The Kier molecular flexibility index (Phi) is 38.4. The van der Waals surface area contributed by atoms with E-state index in [0.717, 1.165) is 4.96 Å². The number of thiazole rings is 1. The molecule has 0 amide bonds. The van der Waals surface area contributed by atoms with E-state index in [-0.39, 0.29) is 52.0 Å². The van der Waals surface area contributed by atoms with Crippen LogP contribution in [0, 0.1) is 0 Å². The molecule has 0 fully saturated rings. The van der Waals surface area contributed by atoms with E-state index < -0.39 is 0 Å². The summed E-state index contributed by atoms with van der Waals surface area (Å²) in [6, 6.07) is 0. The summed E-state index contributed by atoms with van der Waals surface area (Å²) in [6.07, 6.45) is 5.73. The fraction of sp³-hybridized carbons (Fsp3) is 0.583. The predicted molar refractivity (Wildman–Crippen MR) is 80.2 cm³/mol. The first-order valence-corrected chi connectivity index (χ1v) is 3.21. The first-order valence-electron chi connectivity index (χ1n) is 2.33. The molecule has 0 unspecified atom stereocenters. The maximum absolute atomic E-state index is 4.06. The smallest absolute Gasteiger partial charge is 0.193 e. The molecule has 2 nitrogen and oxygen atoms in total. The van der Waals surface area contributed by atoms with E-state index in [1.807, 2.05) is 22.2 Å². The van der Waals surface area contributed by atoms with Gasteiger partial charge in [0.15, 0.2) is 4.96 Å². The summed E-state index contributed by atoms with van der Waals surface area (Å²) in [4.78, 5) is 5.12. The Labute approximate surface area is 102 Å². The topological polar surface area (TPSA) is 17.3 Å². The summed E-state index contributed by atoms with van der Waals surface area (Å²) < 4.78 is 1.99. The van der Waals surface area contributed by atoms with Gasteiger partial charge in [-0.1, -0.05) is 52.0 Å². The van der Waals surface area contributed by atoms with Gasteiger partial charge in [0.1, 0.15) is 0 Å². The third kappa shape index (κ3) is 7.14. The molecule has 0 atom stereocenters. The molecule has 0 bridgehead atoms. The van der Waals surface area contributed by atoms with E-state index in [9.17, 15) is 0 Å². The van der Waals surface area contributed by atoms with Crippen LogP contribution < -0.4 is 0 Å². The van der Waals surface area contributed by atoms with Gasteiger partial charge < -0.3 is 0 Å². The lowest BCUT2D eigenvalue weighted by Gasteiger charge is -1.71. The van der Waals surface area contributed by atoms with Crippen molar-refractivity contribution in [3.8, 4) is 0 Å². The largest absolute Gasteiger partial charge is 0.298 e. The highest BCUT2D eigenvalue weighted by molar-refractivity contribution is 7.15. The van der Waals surface area contributed by atoms with Crippen molar-refractivity contribution in [1.29, 1.82) is 0 Å². The minimum atomic E-state index is 0. The molecular weight excluding hydrogens is 204 g/mol. The van der Waals surface area contributed by atoms with Crippen molar-refractivity contribution in [2.75, 3.05) is 0 Å². The van der Waals surface area contributed by atoms with Gasteiger partial charge in [-0.2, -0.15) is 0 Å². The second kappa shape index (κ2) is 15.6. The monoisotopic (exact) mass is 236 g/mol. The van der Waals surface area contributed by atoms with Crippen LogP contribution in [0.25, 0.3) is 4.96 Å². The molecule has 15 heavy (non-hydrogen) atoms. The molecule has 96 valence electrons. The summed E-state index contributed by atoms with van der Waals surface area (Å²) in [5, 5.41) is 2.02. The molecule has 0 aliphatic rings. The van der Waals surface area contributed by atoms with Crippen LogP contribution in [0.4, 0.5) is 0 Å². The quantitative estimate of drug-likeness (QED) is 0.561. The summed E-state index contributed by atoms with van der Waals surface area (Å²) in [7, 11) is 0. The van der Waals surface area contributed by atoms with Crippen LogP contribution in [-0.2, 0) is 0 Å². The van der Waals surface area contributed by atoms with Crippen LogP contribution >= 0.6 is 11.3 Å². The lowest BCUT2D eigenvalue weighted by atomic mass is 10.9. The highest BCUT2D eigenvalue weighted by Gasteiger charge is 1.88. The van der Waals surface area contributed by atoms with E-state index in [2.05, 4.69) is 4.98 Å². The Hall–Kier alpha value is -0.830. The SMILES string of the molecule is C.C.C.C.C.C.C.c1cn2ccsc2n1. The second-order valence-electron chi connectivity index (χ2n) is 1.52. The molecule has 0 aliphatic carbocycles. The number of rotatable bonds is 0. The zero-order valence-corrected chi connectivity index (χ0v) is 4.93. The van der Waals surface area contributed by atoms with E-state index in [4.69, 9.17) is 0 Å². The van der Waals surface area contributed by atoms with Gasteiger partial charge in [-0.05, 0) is 0 Å². The first kappa shape index (κ1) is 36.8. The summed E-state index contributed by atoms with van der Waals surface area (Å²) in [5.41, 5.74) is 0. The third-order valence-corrected chi connectivity index (χ3v) is 1.81. The van der Waals surface area contributed by atoms with Crippen LogP contribution in [0.2, 0.25) is 0 Å². The molecule has 0 radical (unpaired) electrons. The van der Waals surface area contributed by atoms with Crippen LogP contribution in [0.1, 0.15) is 52.0 Å². The third-order valence-electron chi connectivity index (χ3n) is 1.03. The summed E-state index contributed by atoms with van der Waals surface area (Å²) in [5.74, 6) is 0. The Morgan fingerprint density at radius 1 is 0.867 bits per heavy atom. The lowest BCUT2D eigenvalue weighted by molar-refractivity contribution is 1.23. The molecule has 3 heteroatoms. The molecule has 0 saturated heterocycles. The van der Waals surface area contributed by atoms with Gasteiger partial charge in [-0.15, -0.1) is 11.3 Å². The minimum Gasteiger partial charge on any atom is -0.298 e. The normalized spacial score (nSPS) is 5.60. The van der Waals surface area contributed by atoms with Gasteiger partial charge >= 0.3 is 0 Å². The van der Waals surface area contributed by atoms with Gasteiger partial charge in [0.05, 0.1) is 0 Å². The first-order chi connectivity index (χ1) is 3.97. The highest BCUT2D eigenvalue weighted by atomic mass is 32.1. The lowest BCUT2D eigenvalue weighted by Crippen LogP contribution is -1.66. The maximum atomic E-state index is 4.06. The summed E-state index contributed by atoms with van der Waals surface area (Å²) >= 11 is 1.65.